The number of urea groups is 1. The highest BCUT2D eigenvalue weighted by Gasteiger charge is 2.30. The van der Waals surface area contributed by atoms with Crippen LogP contribution in [0, 0.1) is 0 Å². The van der Waals surface area contributed by atoms with E-state index in [-0.39, 0.29) is 30.9 Å². The van der Waals surface area contributed by atoms with E-state index in [4.69, 9.17) is 11.6 Å². The number of piperazine rings is 2. The topological polar surface area (TPSA) is 89.1 Å². The van der Waals surface area contributed by atoms with Crippen LogP contribution in [0.4, 0.5) is 16.3 Å². The molecule has 0 aliphatic carbocycles. The van der Waals surface area contributed by atoms with Crippen molar-refractivity contribution in [3.63, 3.8) is 0 Å². The van der Waals surface area contributed by atoms with Crippen LogP contribution in [0.2, 0.25) is 5.02 Å². The summed E-state index contributed by atoms with van der Waals surface area (Å²) in [5, 5.41) is 3.34. The van der Waals surface area contributed by atoms with E-state index in [1.165, 1.54) is 9.80 Å². The molecule has 2 aliphatic heterocycles. The number of halogens is 1. The zero-order valence-electron chi connectivity index (χ0n) is 17.6. The van der Waals surface area contributed by atoms with Gasteiger partial charge in [0.25, 0.3) is 0 Å². The molecule has 2 aromatic rings. The van der Waals surface area contributed by atoms with Gasteiger partial charge < -0.3 is 24.9 Å². The summed E-state index contributed by atoms with van der Waals surface area (Å²) in [6, 6.07) is 12.2. The smallest absolute Gasteiger partial charge is 0.322 e. The van der Waals surface area contributed by atoms with Crippen molar-refractivity contribution < 1.29 is 14.4 Å². The molecule has 1 aromatic heterocycles. The monoisotopic (exact) mass is 456 g/mol. The highest BCUT2D eigenvalue weighted by atomic mass is 35.5. The van der Waals surface area contributed by atoms with Gasteiger partial charge in [-0.2, -0.15) is 0 Å². The molecule has 0 unspecified atom stereocenters. The zero-order chi connectivity index (χ0) is 22.5. The van der Waals surface area contributed by atoms with Crippen molar-refractivity contribution in [2.24, 2.45) is 0 Å². The third kappa shape index (κ3) is 5.28. The number of hydrogen-bond donors (Lipinski definition) is 1. The molecule has 0 atom stereocenters. The first-order chi connectivity index (χ1) is 15.5. The van der Waals surface area contributed by atoms with Crippen molar-refractivity contribution in [2.45, 2.75) is 0 Å². The molecule has 4 rings (SSSR count). The number of nitrogens with one attached hydrogen (secondary N) is 1. The molecular weight excluding hydrogens is 432 g/mol. The number of carbonyl (C=O) groups is 3. The fourth-order valence-corrected chi connectivity index (χ4v) is 3.90. The van der Waals surface area contributed by atoms with Gasteiger partial charge in [-0.1, -0.05) is 17.7 Å². The van der Waals surface area contributed by atoms with E-state index in [0.29, 0.717) is 50.0 Å². The Morgan fingerprint density at radius 1 is 0.938 bits per heavy atom. The van der Waals surface area contributed by atoms with E-state index in [9.17, 15) is 14.4 Å². The van der Waals surface area contributed by atoms with Crippen LogP contribution in [-0.4, -0.2) is 89.9 Å². The quantitative estimate of drug-likeness (QED) is 0.757. The number of aromatic nitrogens is 1. The lowest BCUT2D eigenvalue weighted by Gasteiger charge is -2.38. The van der Waals surface area contributed by atoms with Gasteiger partial charge in [-0.05, 0) is 36.4 Å². The summed E-state index contributed by atoms with van der Waals surface area (Å²) in [4.78, 5) is 49.0. The Morgan fingerprint density at radius 2 is 1.66 bits per heavy atom. The van der Waals surface area contributed by atoms with Gasteiger partial charge in [-0.15, -0.1) is 0 Å². The van der Waals surface area contributed by atoms with Gasteiger partial charge in [0.05, 0.1) is 6.54 Å². The predicted octanol–water partition coefficient (Wildman–Crippen LogP) is 1.76. The van der Waals surface area contributed by atoms with Crippen LogP contribution in [0.1, 0.15) is 0 Å². The highest BCUT2D eigenvalue weighted by Crippen LogP contribution is 2.15. The van der Waals surface area contributed by atoms with Gasteiger partial charge in [0, 0.05) is 56.2 Å². The number of anilines is 2. The Kier molecular flexibility index (Phi) is 6.75. The molecular formula is C22H25ClN6O3. The van der Waals surface area contributed by atoms with Crippen LogP contribution in [-0.2, 0) is 9.59 Å². The van der Waals surface area contributed by atoms with Crippen molar-refractivity contribution in [3.05, 3.63) is 53.7 Å². The molecule has 2 saturated heterocycles. The molecule has 1 aromatic carbocycles. The molecule has 2 aliphatic rings. The van der Waals surface area contributed by atoms with Gasteiger partial charge in [0.15, 0.2) is 0 Å². The number of nitrogens with zero attached hydrogens (tertiary/aromatic N) is 5. The fraction of sp³-hybridized carbons (Fsp3) is 0.364. The standard InChI is InChI=1S/C22H25ClN6O3/c23-17-4-6-18(7-5-17)25-22(32)29-14-13-28(21(31)16-29)15-20(30)27-11-9-26(10-12-27)19-3-1-2-8-24-19/h1-8H,9-16H2,(H,25,32). The normalized spacial score (nSPS) is 16.8. The third-order valence-electron chi connectivity index (χ3n) is 5.63. The maximum atomic E-state index is 12.7. The average Bonchev–Trinajstić information content (AvgIpc) is 2.82. The Morgan fingerprint density at radius 3 is 2.31 bits per heavy atom. The number of amides is 4. The van der Waals surface area contributed by atoms with Crippen molar-refractivity contribution in [3.8, 4) is 0 Å². The first-order valence-corrected chi connectivity index (χ1v) is 10.9. The molecule has 0 radical (unpaired) electrons. The second-order valence-electron chi connectivity index (χ2n) is 7.73. The summed E-state index contributed by atoms with van der Waals surface area (Å²) in [6.45, 7) is 3.26. The number of hydrogen-bond acceptors (Lipinski definition) is 5. The molecule has 9 nitrogen and oxygen atoms in total. The van der Waals surface area contributed by atoms with Crippen LogP contribution in [0.5, 0.6) is 0 Å². The zero-order valence-corrected chi connectivity index (χ0v) is 18.4. The summed E-state index contributed by atoms with van der Waals surface area (Å²) in [6.07, 6.45) is 1.76. The molecule has 10 heteroatoms. The number of benzene rings is 1. The Bertz CT molecular complexity index is 963. The van der Waals surface area contributed by atoms with E-state index in [1.807, 2.05) is 18.2 Å². The molecule has 0 spiro atoms. The Labute approximate surface area is 191 Å². The van der Waals surface area contributed by atoms with E-state index >= 15 is 0 Å². The summed E-state index contributed by atoms with van der Waals surface area (Å²) in [5.74, 6) is 0.601. The molecule has 1 N–H and O–H groups in total. The number of rotatable bonds is 4. The van der Waals surface area contributed by atoms with E-state index in [2.05, 4.69) is 15.2 Å². The molecule has 32 heavy (non-hydrogen) atoms. The van der Waals surface area contributed by atoms with E-state index in [0.717, 1.165) is 5.82 Å². The number of pyridine rings is 1. The first kappa shape index (κ1) is 21.9. The predicted molar refractivity (Wildman–Crippen MR) is 122 cm³/mol. The molecule has 3 heterocycles. The minimum atomic E-state index is -0.350. The van der Waals surface area contributed by atoms with Crippen molar-refractivity contribution in [1.82, 2.24) is 19.7 Å². The molecule has 4 amide bonds. The highest BCUT2D eigenvalue weighted by molar-refractivity contribution is 6.30. The lowest BCUT2D eigenvalue weighted by Crippen LogP contribution is -2.57. The largest absolute Gasteiger partial charge is 0.353 e. The first-order valence-electron chi connectivity index (χ1n) is 10.5. The minimum absolute atomic E-state index is 0.0368. The Hall–Kier alpha value is -3.33. The van der Waals surface area contributed by atoms with Crippen molar-refractivity contribution >= 4 is 41.0 Å². The molecule has 0 bridgehead atoms. The summed E-state index contributed by atoms with van der Waals surface area (Å²) in [7, 11) is 0. The number of carbonyl (C=O) groups excluding carboxylic acids is 3. The third-order valence-corrected chi connectivity index (χ3v) is 5.89. The second kappa shape index (κ2) is 9.86. The van der Waals surface area contributed by atoms with Crippen LogP contribution < -0.4 is 10.2 Å². The molecule has 2 fully saturated rings. The van der Waals surface area contributed by atoms with Crippen LogP contribution in [0.15, 0.2) is 48.7 Å². The van der Waals surface area contributed by atoms with E-state index in [1.54, 1.807) is 35.4 Å². The average molecular weight is 457 g/mol. The van der Waals surface area contributed by atoms with Crippen LogP contribution in [0.3, 0.4) is 0 Å². The van der Waals surface area contributed by atoms with Crippen molar-refractivity contribution in [1.29, 1.82) is 0 Å². The van der Waals surface area contributed by atoms with Gasteiger partial charge in [0.2, 0.25) is 11.8 Å². The summed E-state index contributed by atoms with van der Waals surface area (Å²) < 4.78 is 0. The van der Waals surface area contributed by atoms with E-state index < -0.39 is 0 Å². The summed E-state index contributed by atoms with van der Waals surface area (Å²) >= 11 is 5.86. The SMILES string of the molecule is O=C(CN1CCN(C(=O)Nc2ccc(Cl)cc2)CC1=O)N1CCN(c2ccccn2)CC1. The lowest BCUT2D eigenvalue weighted by atomic mass is 10.2. The van der Waals surface area contributed by atoms with Gasteiger partial charge in [-0.3, -0.25) is 9.59 Å². The second-order valence-corrected chi connectivity index (χ2v) is 8.17. The maximum Gasteiger partial charge on any atom is 0.322 e. The van der Waals surface area contributed by atoms with Gasteiger partial charge >= 0.3 is 6.03 Å². The lowest BCUT2D eigenvalue weighted by molar-refractivity contribution is -0.143. The summed E-state index contributed by atoms with van der Waals surface area (Å²) in [5.41, 5.74) is 0.606. The van der Waals surface area contributed by atoms with Gasteiger partial charge in [-0.25, -0.2) is 9.78 Å². The molecule has 0 saturated carbocycles. The maximum absolute atomic E-state index is 12.7. The molecule has 168 valence electrons. The minimum Gasteiger partial charge on any atom is -0.353 e. The fourth-order valence-electron chi connectivity index (χ4n) is 3.77. The van der Waals surface area contributed by atoms with Crippen LogP contribution in [0.25, 0.3) is 0 Å². The van der Waals surface area contributed by atoms with Gasteiger partial charge in [0.1, 0.15) is 12.4 Å². The van der Waals surface area contributed by atoms with Crippen molar-refractivity contribution in [2.75, 3.05) is 62.6 Å². The Balaban J connectivity index is 1.23. The van der Waals surface area contributed by atoms with Crippen LogP contribution >= 0.6 is 11.6 Å².